The van der Waals surface area contributed by atoms with E-state index in [4.69, 9.17) is 9.47 Å². The van der Waals surface area contributed by atoms with E-state index < -0.39 is 0 Å². The van der Waals surface area contributed by atoms with Gasteiger partial charge in [0.15, 0.2) is 0 Å². The molecule has 184 valence electrons. The van der Waals surface area contributed by atoms with Gasteiger partial charge in [-0.1, -0.05) is 60.7 Å². The molecule has 4 aromatic carbocycles. The van der Waals surface area contributed by atoms with E-state index >= 15 is 0 Å². The van der Waals surface area contributed by atoms with Crippen LogP contribution in [0.5, 0.6) is 5.75 Å². The Hall–Kier alpha value is -3.83. The average Bonchev–Trinajstić information content (AvgIpc) is 2.92. The van der Waals surface area contributed by atoms with E-state index in [-0.39, 0.29) is 12.1 Å². The average molecular weight is 481 g/mol. The summed E-state index contributed by atoms with van der Waals surface area (Å²) >= 11 is 0. The lowest BCUT2D eigenvalue weighted by molar-refractivity contribution is 0.0600. The Bertz CT molecular complexity index is 1360. The normalized spacial score (nSPS) is 14.8. The number of carbonyl (C=O) groups excluding carboxylic acids is 1. The molecule has 1 aliphatic rings. The largest absolute Gasteiger partial charge is 0.486 e. The van der Waals surface area contributed by atoms with Crippen molar-refractivity contribution in [2.45, 2.75) is 25.9 Å². The standard InChI is InChI=1S/C31H32N2O3/c1-22-26(31(34)35-2)13-8-15-28(22)33-21-25(36-30-16-6-5-14-29(30)33)18-20-32-19-17-24-11-7-10-23-9-3-4-12-27(23)24/h3-16,25,32H,17-21H2,1-2H3/t25-/m1/s1. The molecule has 0 unspecified atom stereocenters. The summed E-state index contributed by atoms with van der Waals surface area (Å²) in [5.41, 5.74) is 4.89. The topological polar surface area (TPSA) is 50.8 Å². The number of para-hydroxylation sites is 2. The Balaban J connectivity index is 1.25. The Morgan fingerprint density at radius 2 is 1.69 bits per heavy atom. The van der Waals surface area contributed by atoms with E-state index in [1.807, 2.05) is 37.3 Å². The number of rotatable bonds is 8. The molecule has 0 bridgehead atoms. The van der Waals surface area contributed by atoms with Gasteiger partial charge in [0.05, 0.1) is 24.9 Å². The Kier molecular flexibility index (Phi) is 7.19. The van der Waals surface area contributed by atoms with Crippen LogP contribution in [0.3, 0.4) is 0 Å². The smallest absolute Gasteiger partial charge is 0.338 e. The fraction of sp³-hybridized carbons (Fsp3) is 0.258. The zero-order valence-corrected chi connectivity index (χ0v) is 20.9. The first kappa shape index (κ1) is 23.9. The summed E-state index contributed by atoms with van der Waals surface area (Å²) in [4.78, 5) is 14.5. The monoisotopic (exact) mass is 480 g/mol. The molecule has 1 atom stereocenters. The first-order valence-corrected chi connectivity index (χ1v) is 12.5. The molecule has 36 heavy (non-hydrogen) atoms. The van der Waals surface area contributed by atoms with E-state index in [2.05, 4.69) is 64.8 Å². The highest BCUT2D eigenvalue weighted by Gasteiger charge is 2.28. The number of carbonyl (C=O) groups is 1. The second-order valence-electron chi connectivity index (χ2n) is 9.19. The second kappa shape index (κ2) is 10.8. The molecular formula is C31H32N2O3. The molecule has 0 amide bonds. The lowest BCUT2D eigenvalue weighted by Crippen LogP contribution is -2.39. The molecule has 4 aromatic rings. The molecule has 0 radical (unpaired) electrons. The Morgan fingerprint density at radius 3 is 2.58 bits per heavy atom. The molecule has 5 heteroatoms. The van der Waals surface area contributed by atoms with Crippen molar-refractivity contribution in [2.24, 2.45) is 0 Å². The number of nitrogens with zero attached hydrogens (tertiary/aromatic N) is 1. The minimum Gasteiger partial charge on any atom is -0.486 e. The number of fused-ring (bicyclic) bond motifs is 2. The highest BCUT2D eigenvalue weighted by Crippen LogP contribution is 2.40. The number of hydrogen-bond acceptors (Lipinski definition) is 5. The van der Waals surface area contributed by atoms with Crippen LogP contribution in [-0.2, 0) is 11.2 Å². The molecular weight excluding hydrogens is 448 g/mol. The second-order valence-corrected chi connectivity index (χ2v) is 9.19. The molecule has 5 rings (SSSR count). The molecule has 0 saturated heterocycles. The van der Waals surface area contributed by atoms with Crippen LogP contribution in [0.15, 0.2) is 84.9 Å². The van der Waals surface area contributed by atoms with E-state index in [0.717, 1.165) is 48.6 Å². The summed E-state index contributed by atoms with van der Waals surface area (Å²) in [6.45, 7) is 4.48. The van der Waals surface area contributed by atoms with Crippen LogP contribution in [0.1, 0.15) is 27.9 Å². The van der Waals surface area contributed by atoms with Crippen LogP contribution in [-0.4, -0.2) is 38.8 Å². The van der Waals surface area contributed by atoms with Crippen molar-refractivity contribution in [3.63, 3.8) is 0 Å². The quantitative estimate of drug-likeness (QED) is 0.246. The van der Waals surface area contributed by atoms with Gasteiger partial charge in [-0.2, -0.15) is 0 Å². The fourth-order valence-electron chi connectivity index (χ4n) is 5.05. The van der Waals surface area contributed by atoms with Gasteiger partial charge >= 0.3 is 5.97 Å². The number of methoxy groups -OCH3 is 1. The van der Waals surface area contributed by atoms with Crippen molar-refractivity contribution in [3.05, 3.63) is 102 Å². The van der Waals surface area contributed by atoms with Gasteiger partial charge < -0.3 is 19.7 Å². The third kappa shape index (κ3) is 4.93. The molecule has 0 spiro atoms. The Labute approximate surface area is 212 Å². The van der Waals surface area contributed by atoms with E-state index in [1.54, 1.807) is 0 Å². The highest BCUT2D eigenvalue weighted by molar-refractivity contribution is 5.93. The van der Waals surface area contributed by atoms with Crippen molar-refractivity contribution < 1.29 is 14.3 Å². The van der Waals surface area contributed by atoms with Crippen LogP contribution in [0.2, 0.25) is 0 Å². The molecule has 0 fully saturated rings. The van der Waals surface area contributed by atoms with E-state index in [1.165, 1.54) is 23.4 Å². The van der Waals surface area contributed by atoms with Gasteiger partial charge in [-0.15, -0.1) is 0 Å². The molecule has 0 saturated carbocycles. The number of hydrogen-bond donors (Lipinski definition) is 1. The molecule has 1 N–H and O–H groups in total. The minimum atomic E-state index is -0.317. The van der Waals surface area contributed by atoms with Gasteiger partial charge in [-0.05, 0) is 79.0 Å². The predicted molar refractivity (Wildman–Crippen MR) is 146 cm³/mol. The molecule has 0 aliphatic carbocycles. The maximum Gasteiger partial charge on any atom is 0.338 e. The number of benzene rings is 4. The van der Waals surface area contributed by atoms with Crippen LogP contribution in [0, 0.1) is 6.92 Å². The van der Waals surface area contributed by atoms with Crippen LogP contribution in [0.25, 0.3) is 10.8 Å². The highest BCUT2D eigenvalue weighted by atomic mass is 16.5. The zero-order valence-electron chi connectivity index (χ0n) is 20.9. The van der Waals surface area contributed by atoms with Crippen molar-refractivity contribution in [1.82, 2.24) is 5.32 Å². The summed E-state index contributed by atoms with van der Waals surface area (Å²) in [7, 11) is 1.42. The molecule has 5 nitrogen and oxygen atoms in total. The molecule has 1 aliphatic heterocycles. The fourth-order valence-corrected chi connectivity index (χ4v) is 5.05. The van der Waals surface area contributed by atoms with E-state index in [9.17, 15) is 4.79 Å². The summed E-state index contributed by atoms with van der Waals surface area (Å²) in [6.07, 6.45) is 1.91. The number of esters is 1. The van der Waals surface area contributed by atoms with Crippen LogP contribution in [0.4, 0.5) is 11.4 Å². The number of nitrogens with one attached hydrogen (secondary N) is 1. The number of ether oxygens (including phenoxy) is 2. The Morgan fingerprint density at radius 1 is 0.944 bits per heavy atom. The summed E-state index contributed by atoms with van der Waals surface area (Å²) < 4.78 is 11.4. The SMILES string of the molecule is COC(=O)c1cccc(N2C[C@@H](CCNCCc3cccc4ccccc34)Oc3ccccc32)c1C. The number of anilines is 2. The van der Waals surface area contributed by atoms with Crippen molar-refractivity contribution in [3.8, 4) is 5.75 Å². The maximum absolute atomic E-state index is 12.3. The van der Waals surface area contributed by atoms with Crippen LogP contribution >= 0.6 is 0 Å². The summed E-state index contributed by atoms with van der Waals surface area (Å²) in [6, 6.07) is 29.0. The van der Waals surface area contributed by atoms with Gasteiger partial charge in [-0.25, -0.2) is 4.79 Å². The van der Waals surface area contributed by atoms with E-state index in [0.29, 0.717) is 12.1 Å². The third-order valence-electron chi connectivity index (χ3n) is 6.93. The van der Waals surface area contributed by atoms with Crippen LogP contribution < -0.4 is 15.0 Å². The van der Waals surface area contributed by atoms with Gasteiger partial charge in [0.1, 0.15) is 11.9 Å². The zero-order chi connectivity index (χ0) is 24.9. The lowest BCUT2D eigenvalue weighted by atomic mass is 10.0. The first-order chi connectivity index (χ1) is 17.7. The van der Waals surface area contributed by atoms with Crippen molar-refractivity contribution in [2.75, 3.05) is 31.6 Å². The van der Waals surface area contributed by atoms with Gasteiger partial charge in [0.25, 0.3) is 0 Å². The maximum atomic E-state index is 12.3. The summed E-state index contributed by atoms with van der Waals surface area (Å²) in [5, 5.41) is 6.22. The third-order valence-corrected chi connectivity index (χ3v) is 6.93. The summed E-state index contributed by atoms with van der Waals surface area (Å²) in [5.74, 6) is 0.551. The molecule has 0 aromatic heterocycles. The first-order valence-electron chi connectivity index (χ1n) is 12.5. The molecule has 1 heterocycles. The van der Waals surface area contributed by atoms with Crippen molar-refractivity contribution in [1.29, 1.82) is 0 Å². The van der Waals surface area contributed by atoms with Crippen molar-refractivity contribution >= 4 is 28.1 Å². The lowest BCUT2D eigenvalue weighted by Gasteiger charge is -2.37. The van der Waals surface area contributed by atoms with Gasteiger partial charge in [-0.3, -0.25) is 0 Å². The predicted octanol–water partition coefficient (Wildman–Crippen LogP) is 6.06. The minimum absolute atomic E-state index is 0.0335. The van der Waals surface area contributed by atoms with Gasteiger partial charge in [0, 0.05) is 5.69 Å². The van der Waals surface area contributed by atoms with Gasteiger partial charge in [0.2, 0.25) is 0 Å².